The molecule has 0 saturated carbocycles. The zero-order valence-electron chi connectivity index (χ0n) is 22.4. The molecule has 3 heterocycles. The minimum atomic E-state index is 0.615. The molecule has 42 heavy (non-hydrogen) atoms. The molecule has 0 amide bonds. The molecule has 0 spiro atoms. The maximum atomic E-state index is 5.18. The highest BCUT2D eigenvalue weighted by molar-refractivity contribution is 7.26. The summed E-state index contributed by atoms with van der Waals surface area (Å²) in [4.78, 5) is 15.3. The third kappa shape index (κ3) is 3.44. The van der Waals surface area contributed by atoms with Gasteiger partial charge in [-0.1, -0.05) is 127 Å². The summed E-state index contributed by atoms with van der Waals surface area (Å²) in [6.45, 7) is 0. The van der Waals surface area contributed by atoms with Crippen molar-refractivity contribution in [2.45, 2.75) is 0 Å². The van der Waals surface area contributed by atoms with Crippen LogP contribution >= 0.6 is 11.3 Å². The molecular formula is C37H22N4S. The largest absolute Gasteiger partial charge is 0.276 e. The van der Waals surface area contributed by atoms with E-state index in [4.69, 9.17) is 15.0 Å². The Morgan fingerprint density at radius 3 is 1.74 bits per heavy atom. The molecule has 196 valence electrons. The summed E-state index contributed by atoms with van der Waals surface area (Å²) in [5, 5.41) is 7.25. The van der Waals surface area contributed by atoms with Gasteiger partial charge in [-0.2, -0.15) is 9.97 Å². The van der Waals surface area contributed by atoms with Crippen molar-refractivity contribution in [3.63, 3.8) is 0 Å². The van der Waals surface area contributed by atoms with E-state index >= 15 is 0 Å². The monoisotopic (exact) mass is 554 g/mol. The Morgan fingerprint density at radius 2 is 1.00 bits per heavy atom. The highest BCUT2D eigenvalue weighted by Gasteiger charge is 2.22. The zero-order valence-corrected chi connectivity index (χ0v) is 23.2. The van der Waals surface area contributed by atoms with E-state index in [9.17, 15) is 0 Å². The van der Waals surface area contributed by atoms with Crippen LogP contribution in [-0.2, 0) is 0 Å². The molecule has 0 aliphatic rings. The van der Waals surface area contributed by atoms with Gasteiger partial charge in [-0.05, 0) is 11.5 Å². The Balaban J connectivity index is 1.49. The molecule has 0 aliphatic carbocycles. The predicted molar refractivity (Wildman–Crippen MR) is 175 cm³/mol. The molecule has 6 aromatic carbocycles. The molecule has 5 heteroatoms. The summed E-state index contributed by atoms with van der Waals surface area (Å²) in [7, 11) is 0. The van der Waals surface area contributed by atoms with Crippen molar-refractivity contribution >= 4 is 64.1 Å². The van der Waals surface area contributed by atoms with Crippen molar-refractivity contribution < 1.29 is 0 Å². The van der Waals surface area contributed by atoms with Gasteiger partial charge in [0.2, 0.25) is 5.95 Å². The Labute approximate surface area is 245 Å². The van der Waals surface area contributed by atoms with Gasteiger partial charge in [0, 0.05) is 42.8 Å². The van der Waals surface area contributed by atoms with Crippen LogP contribution in [0.5, 0.6) is 0 Å². The van der Waals surface area contributed by atoms with Crippen molar-refractivity contribution in [1.29, 1.82) is 0 Å². The van der Waals surface area contributed by atoms with E-state index in [1.165, 1.54) is 41.7 Å². The number of aromatic nitrogens is 4. The van der Waals surface area contributed by atoms with Gasteiger partial charge in [0.05, 0.1) is 15.7 Å². The maximum absolute atomic E-state index is 5.18. The van der Waals surface area contributed by atoms with Gasteiger partial charge in [0.15, 0.2) is 11.6 Å². The smallest absolute Gasteiger partial charge is 0.238 e. The second-order valence-corrected chi connectivity index (χ2v) is 11.5. The molecule has 3 aromatic heterocycles. The van der Waals surface area contributed by atoms with Crippen LogP contribution in [0.1, 0.15) is 0 Å². The number of fused-ring (bicyclic) bond motifs is 9. The van der Waals surface area contributed by atoms with Crippen LogP contribution in [0.15, 0.2) is 133 Å². The Bertz CT molecular complexity index is 2400. The van der Waals surface area contributed by atoms with Crippen LogP contribution in [0, 0.1) is 0 Å². The quantitative estimate of drug-likeness (QED) is 0.218. The van der Waals surface area contributed by atoms with Gasteiger partial charge in [0.1, 0.15) is 0 Å². The lowest BCUT2D eigenvalue weighted by atomic mass is 10.1. The zero-order chi connectivity index (χ0) is 27.6. The fourth-order valence-electron chi connectivity index (χ4n) is 6.14. The fraction of sp³-hybridized carbons (Fsp3) is 0. The third-order valence-corrected chi connectivity index (χ3v) is 9.24. The first-order chi connectivity index (χ1) is 20.8. The van der Waals surface area contributed by atoms with Crippen LogP contribution in [0.25, 0.3) is 81.5 Å². The molecule has 0 N–H and O–H groups in total. The summed E-state index contributed by atoms with van der Waals surface area (Å²) in [5.41, 5.74) is 4.15. The van der Waals surface area contributed by atoms with Crippen molar-refractivity contribution in [1.82, 2.24) is 19.5 Å². The van der Waals surface area contributed by atoms with E-state index in [0.29, 0.717) is 17.6 Å². The molecular weight excluding hydrogens is 533 g/mol. The number of nitrogens with zero attached hydrogens (tertiary/aromatic N) is 4. The van der Waals surface area contributed by atoms with Gasteiger partial charge in [-0.15, -0.1) is 11.3 Å². The molecule has 9 rings (SSSR count). The van der Waals surface area contributed by atoms with Gasteiger partial charge in [-0.25, -0.2) is 4.98 Å². The van der Waals surface area contributed by atoms with Gasteiger partial charge < -0.3 is 0 Å². The second kappa shape index (κ2) is 9.06. The van der Waals surface area contributed by atoms with E-state index in [2.05, 4.69) is 102 Å². The van der Waals surface area contributed by atoms with Crippen LogP contribution in [0.2, 0.25) is 0 Å². The Hall–Kier alpha value is -5.39. The van der Waals surface area contributed by atoms with Gasteiger partial charge in [-0.3, -0.25) is 4.57 Å². The minimum absolute atomic E-state index is 0.615. The molecule has 0 radical (unpaired) electrons. The first-order valence-corrected chi connectivity index (χ1v) is 14.8. The lowest BCUT2D eigenvalue weighted by Gasteiger charge is -2.12. The molecule has 0 bridgehead atoms. The highest BCUT2D eigenvalue weighted by Crippen LogP contribution is 2.44. The molecule has 9 aromatic rings. The number of rotatable bonds is 3. The standard InChI is InChI=1S/C37H22N4S/c1-3-12-24(13-4-1)35-38-36(25-14-5-2-6-15-25)40-37(39-35)41-32-26-16-8-7-11-23(26)19-20-28(32)29-21-22-30-27-17-9-10-18-31(27)42-34(30)33(29)41/h1-22H. The first kappa shape index (κ1) is 23.3. The van der Waals surface area contributed by atoms with Crippen LogP contribution in [0.4, 0.5) is 0 Å². The maximum Gasteiger partial charge on any atom is 0.238 e. The third-order valence-electron chi connectivity index (χ3n) is 8.05. The lowest BCUT2D eigenvalue weighted by molar-refractivity contribution is 0.957. The number of benzene rings is 6. The minimum Gasteiger partial charge on any atom is -0.276 e. The number of hydrogen-bond donors (Lipinski definition) is 0. The molecule has 0 aliphatic heterocycles. The van der Waals surface area contributed by atoms with E-state index in [0.717, 1.165) is 22.2 Å². The number of thiophene rings is 1. The molecule has 4 nitrogen and oxygen atoms in total. The highest BCUT2D eigenvalue weighted by atomic mass is 32.1. The lowest BCUT2D eigenvalue weighted by Crippen LogP contribution is -2.06. The number of hydrogen-bond acceptors (Lipinski definition) is 4. The molecule has 0 atom stereocenters. The van der Waals surface area contributed by atoms with Crippen molar-refractivity contribution in [2.24, 2.45) is 0 Å². The van der Waals surface area contributed by atoms with E-state index in [1.807, 2.05) is 47.7 Å². The normalized spacial score (nSPS) is 11.8. The fourth-order valence-corrected chi connectivity index (χ4v) is 7.38. The van der Waals surface area contributed by atoms with Crippen LogP contribution < -0.4 is 0 Å². The van der Waals surface area contributed by atoms with Crippen LogP contribution in [-0.4, -0.2) is 19.5 Å². The summed E-state index contributed by atoms with van der Waals surface area (Å²) < 4.78 is 4.79. The van der Waals surface area contributed by atoms with E-state index in [1.54, 1.807) is 0 Å². The Morgan fingerprint density at radius 1 is 0.429 bits per heavy atom. The molecule has 0 unspecified atom stereocenters. The van der Waals surface area contributed by atoms with Crippen LogP contribution in [0.3, 0.4) is 0 Å². The van der Waals surface area contributed by atoms with E-state index < -0.39 is 0 Å². The summed E-state index contributed by atoms with van der Waals surface area (Å²) >= 11 is 1.83. The molecule has 0 fully saturated rings. The first-order valence-electron chi connectivity index (χ1n) is 14.0. The summed E-state index contributed by atoms with van der Waals surface area (Å²) in [6.07, 6.45) is 0. The topological polar surface area (TPSA) is 43.6 Å². The average molecular weight is 555 g/mol. The summed E-state index contributed by atoms with van der Waals surface area (Å²) in [5.74, 6) is 1.92. The van der Waals surface area contributed by atoms with Crippen molar-refractivity contribution in [3.8, 4) is 28.7 Å². The predicted octanol–water partition coefficient (Wildman–Crippen LogP) is 9.82. The van der Waals surface area contributed by atoms with E-state index in [-0.39, 0.29) is 0 Å². The summed E-state index contributed by atoms with van der Waals surface area (Å²) in [6, 6.07) is 46.6. The van der Waals surface area contributed by atoms with Crippen molar-refractivity contribution in [2.75, 3.05) is 0 Å². The SMILES string of the molecule is c1ccc(-c2nc(-c3ccccc3)nc(-n3c4c5ccccc5ccc4c4ccc5c6ccccc6sc5c43)n2)cc1. The second-order valence-electron chi connectivity index (χ2n) is 10.5. The molecule has 0 saturated heterocycles. The Kier molecular flexibility index (Phi) is 5.03. The van der Waals surface area contributed by atoms with Gasteiger partial charge in [0.25, 0.3) is 0 Å². The van der Waals surface area contributed by atoms with Crippen molar-refractivity contribution in [3.05, 3.63) is 133 Å². The average Bonchev–Trinajstić information content (AvgIpc) is 3.62. The van der Waals surface area contributed by atoms with Gasteiger partial charge >= 0.3 is 0 Å².